The van der Waals surface area contributed by atoms with Gasteiger partial charge in [0.05, 0.1) is 11.9 Å². The molecule has 3 heterocycles. The van der Waals surface area contributed by atoms with E-state index in [4.69, 9.17) is 0 Å². The van der Waals surface area contributed by atoms with Gasteiger partial charge in [-0.05, 0) is 12.0 Å². The van der Waals surface area contributed by atoms with E-state index in [0.717, 1.165) is 16.2 Å². The fourth-order valence-electron chi connectivity index (χ4n) is 3.93. The van der Waals surface area contributed by atoms with Gasteiger partial charge in [-0.1, -0.05) is 78.9 Å². The number of carbonyl (C=O) groups excluding carboxylic acids is 3. The summed E-state index contributed by atoms with van der Waals surface area (Å²) < 4.78 is 1.59. The number of imide groups is 1. The Bertz CT molecular complexity index is 1320. The van der Waals surface area contributed by atoms with Gasteiger partial charge in [-0.25, -0.2) is 14.3 Å². The van der Waals surface area contributed by atoms with Crippen molar-refractivity contribution in [3.8, 4) is 11.3 Å². The van der Waals surface area contributed by atoms with Crippen molar-refractivity contribution in [2.75, 3.05) is 11.9 Å². The molecule has 0 aliphatic carbocycles. The third kappa shape index (κ3) is 3.64. The van der Waals surface area contributed by atoms with Gasteiger partial charge < -0.3 is 5.32 Å². The van der Waals surface area contributed by atoms with Crippen LogP contribution in [0.1, 0.15) is 18.9 Å². The van der Waals surface area contributed by atoms with Crippen molar-refractivity contribution >= 4 is 39.3 Å². The quantitative estimate of drug-likeness (QED) is 0.430. The highest BCUT2D eigenvalue weighted by atomic mass is 32.1. The summed E-state index contributed by atoms with van der Waals surface area (Å²) in [6.07, 6.45) is 2.15. The highest BCUT2D eigenvalue weighted by Gasteiger charge is 2.51. The largest absolute Gasteiger partial charge is 0.325 e. The third-order valence-corrected chi connectivity index (χ3v) is 6.47. The van der Waals surface area contributed by atoms with Gasteiger partial charge in [0.1, 0.15) is 12.1 Å². The second-order valence-electron chi connectivity index (χ2n) is 7.62. The van der Waals surface area contributed by atoms with Crippen molar-refractivity contribution in [1.29, 1.82) is 0 Å². The molecule has 2 aromatic carbocycles. The first-order valence-electron chi connectivity index (χ1n) is 10.4. The Morgan fingerprint density at radius 2 is 1.79 bits per heavy atom. The smallest absolute Gasteiger partial charge is 0.319 e. The van der Waals surface area contributed by atoms with Crippen LogP contribution >= 0.6 is 11.3 Å². The highest BCUT2D eigenvalue weighted by molar-refractivity contribution is 7.20. The zero-order chi connectivity index (χ0) is 23.0. The van der Waals surface area contributed by atoms with E-state index in [1.165, 1.54) is 11.3 Å². The van der Waals surface area contributed by atoms with Crippen LogP contribution in [0, 0.1) is 0 Å². The molecule has 5 rings (SSSR count). The summed E-state index contributed by atoms with van der Waals surface area (Å²) in [6.45, 7) is 1.42. The summed E-state index contributed by atoms with van der Waals surface area (Å²) in [4.78, 5) is 44.5. The van der Waals surface area contributed by atoms with Crippen LogP contribution in [0.4, 0.5) is 9.93 Å². The van der Waals surface area contributed by atoms with E-state index in [-0.39, 0.29) is 0 Å². The van der Waals surface area contributed by atoms with Gasteiger partial charge in [0.15, 0.2) is 0 Å². The van der Waals surface area contributed by atoms with Crippen LogP contribution in [0.25, 0.3) is 16.2 Å². The molecule has 10 heteroatoms. The fourth-order valence-corrected chi connectivity index (χ4v) is 4.73. The molecule has 33 heavy (non-hydrogen) atoms. The average Bonchev–Trinajstić information content (AvgIpc) is 3.47. The number of carbonyl (C=O) groups is 3. The molecule has 1 unspecified atom stereocenters. The first-order valence-corrected chi connectivity index (χ1v) is 11.2. The predicted molar refractivity (Wildman–Crippen MR) is 124 cm³/mol. The van der Waals surface area contributed by atoms with Crippen molar-refractivity contribution in [3.63, 3.8) is 0 Å². The molecule has 4 aromatic rings. The molecule has 1 aliphatic heterocycles. The maximum absolute atomic E-state index is 13.2. The number of urea groups is 1. The lowest BCUT2D eigenvalue weighted by atomic mass is 9.87. The third-order valence-electron chi connectivity index (χ3n) is 5.63. The lowest BCUT2D eigenvalue weighted by Crippen LogP contribution is -2.44. The number of benzene rings is 2. The van der Waals surface area contributed by atoms with Gasteiger partial charge in [-0.15, -0.1) is 5.10 Å². The second-order valence-corrected chi connectivity index (χ2v) is 8.58. The Morgan fingerprint density at radius 1 is 1.09 bits per heavy atom. The number of imidazole rings is 1. The van der Waals surface area contributed by atoms with Crippen LogP contribution in [-0.2, 0) is 15.1 Å². The van der Waals surface area contributed by atoms with E-state index >= 15 is 0 Å². The number of fused-ring (bicyclic) bond motifs is 1. The van der Waals surface area contributed by atoms with Crippen LogP contribution < -0.4 is 10.6 Å². The molecule has 2 aromatic heterocycles. The van der Waals surface area contributed by atoms with E-state index in [9.17, 15) is 14.4 Å². The maximum atomic E-state index is 13.2. The number of aromatic nitrogens is 3. The normalized spacial score (nSPS) is 18.0. The highest BCUT2D eigenvalue weighted by Crippen LogP contribution is 2.32. The van der Waals surface area contributed by atoms with Gasteiger partial charge in [0.2, 0.25) is 16.0 Å². The van der Waals surface area contributed by atoms with Crippen molar-refractivity contribution in [2.45, 2.75) is 18.9 Å². The summed E-state index contributed by atoms with van der Waals surface area (Å²) in [5, 5.41) is 10.1. The monoisotopic (exact) mass is 460 g/mol. The second kappa shape index (κ2) is 8.14. The SMILES string of the molecule is CCC1(c2ccccc2)NC(=O)N(CC(=O)Nc2nn3cc(-c4ccccc4)nc3s2)C1=O. The van der Waals surface area contributed by atoms with Gasteiger partial charge in [0, 0.05) is 5.56 Å². The number of amides is 4. The average molecular weight is 461 g/mol. The zero-order valence-corrected chi connectivity index (χ0v) is 18.5. The molecule has 2 N–H and O–H groups in total. The number of rotatable bonds is 6. The van der Waals surface area contributed by atoms with Gasteiger partial charge in [-0.3, -0.25) is 19.8 Å². The topological polar surface area (TPSA) is 109 Å². The molecule has 4 amide bonds. The van der Waals surface area contributed by atoms with E-state index in [1.807, 2.05) is 55.5 Å². The molecule has 1 aliphatic rings. The summed E-state index contributed by atoms with van der Waals surface area (Å²) >= 11 is 1.21. The van der Waals surface area contributed by atoms with Crippen LogP contribution in [0.5, 0.6) is 0 Å². The van der Waals surface area contributed by atoms with Crippen LogP contribution in [-0.4, -0.2) is 43.9 Å². The van der Waals surface area contributed by atoms with E-state index in [0.29, 0.717) is 22.1 Å². The van der Waals surface area contributed by atoms with Crippen molar-refractivity contribution in [2.24, 2.45) is 0 Å². The molecule has 1 fully saturated rings. The summed E-state index contributed by atoms with van der Waals surface area (Å²) in [7, 11) is 0. The molecule has 0 saturated carbocycles. The molecule has 0 radical (unpaired) electrons. The van der Waals surface area contributed by atoms with Gasteiger partial charge >= 0.3 is 6.03 Å². The number of hydrogen-bond donors (Lipinski definition) is 2. The Hall–Kier alpha value is -4.05. The van der Waals surface area contributed by atoms with E-state index in [2.05, 4.69) is 20.7 Å². The van der Waals surface area contributed by atoms with Gasteiger partial charge in [-0.2, -0.15) is 0 Å². The lowest BCUT2D eigenvalue weighted by Gasteiger charge is -2.25. The minimum Gasteiger partial charge on any atom is -0.319 e. The van der Waals surface area contributed by atoms with Gasteiger partial charge in [0.25, 0.3) is 5.91 Å². The molecule has 1 saturated heterocycles. The number of nitrogens with one attached hydrogen (secondary N) is 2. The van der Waals surface area contributed by atoms with E-state index < -0.39 is 29.9 Å². The number of hydrogen-bond acceptors (Lipinski definition) is 6. The predicted octanol–water partition coefficient (Wildman–Crippen LogP) is 3.25. The molecular weight excluding hydrogens is 440 g/mol. The summed E-state index contributed by atoms with van der Waals surface area (Å²) in [6, 6.07) is 18.2. The Morgan fingerprint density at radius 3 is 2.45 bits per heavy atom. The number of anilines is 1. The molecular formula is C23H20N6O3S. The van der Waals surface area contributed by atoms with Crippen LogP contribution in [0.2, 0.25) is 0 Å². The Labute approximate surface area is 193 Å². The lowest BCUT2D eigenvalue weighted by molar-refractivity contribution is -0.134. The molecule has 0 bridgehead atoms. The van der Waals surface area contributed by atoms with Crippen LogP contribution in [0.3, 0.4) is 0 Å². The van der Waals surface area contributed by atoms with E-state index in [1.54, 1.807) is 22.8 Å². The summed E-state index contributed by atoms with van der Waals surface area (Å²) in [5.74, 6) is -0.962. The minimum absolute atomic E-state index is 0.332. The molecule has 9 nitrogen and oxygen atoms in total. The standard InChI is InChI=1S/C23H20N6O3S/c1-2-23(16-11-7-4-8-12-16)19(31)28(21(32)26-23)14-18(30)25-20-27-29-13-17(24-22(29)33-20)15-9-5-3-6-10-15/h3-13H,2,14H2,1H3,(H,26,32)(H,25,27,30). The Balaban J connectivity index is 1.30. The molecule has 0 spiro atoms. The first kappa shape index (κ1) is 20.8. The summed E-state index contributed by atoms with van der Waals surface area (Å²) in [5.41, 5.74) is 1.26. The van der Waals surface area contributed by atoms with Crippen LogP contribution in [0.15, 0.2) is 66.9 Å². The maximum Gasteiger partial charge on any atom is 0.325 e. The Kier molecular flexibility index (Phi) is 5.14. The van der Waals surface area contributed by atoms with Crippen molar-refractivity contribution < 1.29 is 14.4 Å². The molecule has 166 valence electrons. The minimum atomic E-state index is -1.17. The fraction of sp³-hybridized carbons (Fsp3) is 0.174. The van der Waals surface area contributed by atoms with Crippen molar-refractivity contribution in [1.82, 2.24) is 24.8 Å². The molecule has 1 atom stereocenters. The first-order chi connectivity index (χ1) is 16.0. The number of nitrogens with zero attached hydrogens (tertiary/aromatic N) is 4. The zero-order valence-electron chi connectivity index (χ0n) is 17.7. The van der Waals surface area contributed by atoms with Crippen molar-refractivity contribution in [3.05, 3.63) is 72.4 Å².